The van der Waals surface area contributed by atoms with Crippen molar-refractivity contribution in [2.75, 3.05) is 24.3 Å². The zero-order valence-electron chi connectivity index (χ0n) is 12.0. The van der Waals surface area contributed by atoms with Crippen LogP contribution in [-0.2, 0) is 9.59 Å². The second-order valence-electron chi connectivity index (χ2n) is 5.05. The molecule has 0 saturated carbocycles. The normalized spacial score (nSPS) is 18.4. The van der Waals surface area contributed by atoms with Gasteiger partial charge < -0.3 is 9.64 Å². The summed E-state index contributed by atoms with van der Waals surface area (Å²) in [6.45, 7) is 4.20. The van der Waals surface area contributed by atoms with Gasteiger partial charge in [0.1, 0.15) is 5.75 Å². The van der Waals surface area contributed by atoms with E-state index >= 15 is 0 Å². The first-order valence-electron chi connectivity index (χ1n) is 6.59. The SMILES string of the molecule is COc1cc(C)ccc1N1CC(CSC(C)=O)CC1=O. The van der Waals surface area contributed by atoms with Crippen LogP contribution in [0.3, 0.4) is 0 Å². The van der Waals surface area contributed by atoms with Gasteiger partial charge in [-0.3, -0.25) is 9.59 Å². The Labute approximate surface area is 123 Å². The number of thioether (sulfide) groups is 1. The maximum Gasteiger partial charge on any atom is 0.227 e. The number of benzene rings is 1. The van der Waals surface area contributed by atoms with E-state index in [0.29, 0.717) is 18.7 Å². The van der Waals surface area contributed by atoms with Gasteiger partial charge in [0.25, 0.3) is 0 Å². The fourth-order valence-corrected chi connectivity index (χ4v) is 3.06. The van der Waals surface area contributed by atoms with Crippen LogP contribution in [0.5, 0.6) is 5.75 Å². The molecule has 0 bridgehead atoms. The number of amides is 1. The second-order valence-corrected chi connectivity index (χ2v) is 6.25. The molecule has 0 aliphatic carbocycles. The van der Waals surface area contributed by atoms with Crippen LogP contribution in [0.2, 0.25) is 0 Å². The van der Waals surface area contributed by atoms with E-state index in [2.05, 4.69) is 0 Å². The van der Waals surface area contributed by atoms with Gasteiger partial charge in [-0.2, -0.15) is 0 Å². The first-order valence-corrected chi connectivity index (χ1v) is 7.58. The van der Waals surface area contributed by atoms with Crippen LogP contribution in [0, 0.1) is 12.8 Å². The lowest BCUT2D eigenvalue weighted by atomic mass is 10.1. The summed E-state index contributed by atoms with van der Waals surface area (Å²) in [6.07, 6.45) is 0.497. The summed E-state index contributed by atoms with van der Waals surface area (Å²) in [6, 6.07) is 5.83. The second kappa shape index (κ2) is 6.31. The third-order valence-electron chi connectivity index (χ3n) is 3.35. The van der Waals surface area contributed by atoms with Crippen LogP contribution >= 0.6 is 11.8 Å². The summed E-state index contributed by atoms with van der Waals surface area (Å²) in [5.41, 5.74) is 1.92. The lowest BCUT2D eigenvalue weighted by Crippen LogP contribution is -2.25. The molecule has 0 aromatic heterocycles. The summed E-state index contributed by atoms with van der Waals surface area (Å²) in [7, 11) is 1.61. The summed E-state index contributed by atoms with van der Waals surface area (Å²) in [5.74, 6) is 1.74. The molecule has 2 rings (SSSR count). The van der Waals surface area contributed by atoms with Gasteiger partial charge in [-0.25, -0.2) is 0 Å². The summed E-state index contributed by atoms with van der Waals surface area (Å²) >= 11 is 1.29. The Hall–Kier alpha value is -1.49. The molecule has 1 unspecified atom stereocenters. The Morgan fingerprint density at radius 1 is 1.50 bits per heavy atom. The molecule has 1 atom stereocenters. The van der Waals surface area contributed by atoms with Crippen LogP contribution in [0.25, 0.3) is 0 Å². The van der Waals surface area contributed by atoms with Gasteiger partial charge >= 0.3 is 0 Å². The number of anilines is 1. The van der Waals surface area contributed by atoms with E-state index in [4.69, 9.17) is 4.74 Å². The molecule has 1 saturated heterocycles. The van der Waals surface area contributed by atoms with Gasteiger partial charge in [-0.1, -0.05) is 17.8 Å². The van der Waals surface area contributed by atoms with Gasteiger partial charge in [0, 0.05) is 25.6 Å². The number of hydrogen-bond acceptors (Lipinski definition) is 4. The number of carbonyl (C=O) groups excluding carboxylic acids is 2. The minimum absolute atomic E-state index is 0.0984. The molecule has 1 aromatic carbocycles. The molecular weight excluding hydrogens is 274 g/mol. The fourth-order valence-electron chi connectivity index (χ4n) is 2.37. The minimum Gasteiger partial charge on any atom is -0.495 e. The molecule has 0 radical (unpaired) electrons. The third-order valence-corrected chi connectivity index (χ3v) is 4.40. The highest BCUT2D eigenvalue weighted by atomic mass is 32.2. The van der Waals surface area contributed by atoms with Gasteiger partial charge in [-0.15, -0.1) is 0 Å². The summed E-state index contributed by atoms with van der Waals surface area (Å²) < 4.78 is 5.37. The van der Waals surface area contributed by atoms with E-state index in [1.807, 2.05) is 25.1 Å². The molecular formula is C15H19NO3S. The standard InChI is InChI=1S/C15H19NO3S/c1-10-4-5-13(14(6-10)19-3)16-8-12(7-15(16)18)9-20-11(2)17/h4-6,12H,7-9H2,1-3H3. The van der Waals surface area contributed by atoms with E-state index in [1.54, 1.807) is 18.9 Å². The van der Waals surface area contributed by atoms with Crippen molar-refractivity contribution in [3.05, 3.63) is 23.8 Å². The van der Waals surface area contributed by atoms with Gasteiger partial charge in [0.2, 0.25) is 5.91 Å². The summed E-state index contributed by atoms with van der Waals surface area (Å²) in [4.78, 5) is 24.9. The van der Waals surface area contributed by atoms with E-state index in [9.17, 15) is 9.59 Å². The largest absolute Gasteiger partial charge is 0.495 e. The number of carbonyl (C=O) groups is 2. The van der Waals surface area contributed by atoms with Crippen molar-refractivity contribution in [3.8, 4) is 5.75 Å². The number of methoxy groups -OCH3 is 1. The first kappa shape index (κ1) is 14.9. The number of aryl methyl sites for hydroxylation is 1. The van der Waals surface area contributed by atoms with Gasteiger partial charge in [0.05, 0.1) is 12.8 Å². The molecule has 4 nitrogen and oxygen atoms in total. The van der Waals surface area contributed by atoms with Crippen molar-refractivity contribution in [2.45, 2.75) is 20.3 Å². The van der Waals surface area contributed by atoms with Gasteiger partial charge in [0.15, 0.2) is 5.12 Å². The van der Waals surface area contributed by atoms with Crippen molar-refractivity contribution in [3.63, 3.8) is 0 Å². The molecule has 1 heterocycles. The van der Waals surface area contributed by atoms with Crippen molar-refractivity contribution in [2.24, 2.45) is 5.92 Å². The van der Waals surface area contributed by atoms with Crippen molar-refractivity contribution in [1.29, 1.82) is 0 Å². The molecule has 0 spiro atoms. The zero-order chi connectivity index (χ0) is 14.7. The Morgan fingerprint density at radius 2 is 2.25 bits per heavy atom. The number of nitrogens with zero attached hydrogens (tertiary/aromatic N) is 1. The zero-order valence-corrected chi connectivity index (χ0v) is 12.8. The molecule has 0 N–H and O–H groups in total. The number of ether oxygens (including phenoxy) is 1. The average Bonchev–Trinajstić information content (AvgIpc) is 2.77. The maximum atomic E-state index is 12.2. The molecule has 1 aliphatic heterocycles. The van der Waals surface area contributed by atoms with Gasteiger partial charge in [-0.05, 0) is 30.5 Å². The van der Waals surface area contributed by atoms with Crippen molar-refractivity contribution >= 4 is 28.5 Å². The third kappa shape index (κ3) is 3.33. The van der Waals surface area contributed by atoms with E-state index in [1.165, 1.54) is 11.8 Å². The first-order chi connectivity index (χ1) is 9.51. The predicted molar refractivity (Wildman–Crippen MR) is 81.3 cm³/mol. The molecule has 5 heteroatoms. The fraction of sp³-hybridized carbons (Fsp3) is 0.467. The molecule has 108 valence electrons. The van der Waals surface area contributed by atoms with Crippen LogP contribution < -0.4 is 9.64 Å². The smallest absolute Gasteiger partial charge is 0.227 e. The van der Waals surface area contributed by atoms with E-state index < -0.39 is 0 Å². The predicted octanol–water partition coefficient (Wildman–Crippen LogP) is 2.64. The lowest BCUT2D eigenvalue weighted by molar-refractivity contribution is -0.117. The Morgan fingerprint density at radius 3 is 2.90 bits per heavy atom. The van der Waals surface area contributed by atoms with Crippen LogP contribution in [-0.4, -0.2) is 30.4 Å². The Bertz CT molecular complexity index is 530. The monoisotopic (exact) mass is 293 g/mol. The molecule has 1 amide bonds. The average molecular weight is 293 g/mol. The Kier molecular flexibility index (Phi) is 4.70. The van der Waals surface area contributed by atoms with Crippen LogP contribution in [0.1, 0.15) is 18.9 Å². The molecule has 1 aliphatic rings. The molecule has 20 heavy (non-hydrogen) atoms. The van der Waals surface area contributed by atoms with Crippen LogP contribution in [0.15, 0.2) is 18.2 Å². The minimum atomic E-state index is 0.0984. The highest BCUT2D eigenvalue weighted by Crippen LogP contribution is 2.34. The maximum absolute atomic E-state index is 12.2. The Balaban J connectivity index is 2.13. The molecule has 1 fully saturated rings. The topological polar surface area (TPSA) is 46.6 Å². The summed E-state index contributed by atoms with van der Waals surface area (Å²) in [5, 5.41) is 0.101. The highest BCUT2D eigenvalue weighted by molar-refractivity contribution is 8.13. The highest BCUT2D eigenvalue weighted by Gasteiger charge is 2.32. The number of rotatable bonds is 4. The molecule has 1 aromatic rings. The van der Waals surface area contributed by atoms with E-state index in [-0.39, 0.29) is 16.9 Å². The lowest BCUT2D eigenvalue weighted by Gasteiger charge is -2.20. The van der Waals surface area contributed by atoms with E-state index in [0.717, 1.165) is 17.0 Å². The van der Waals surface area contributed by atoms with Crippen molar-refractivity contribution in [1.82, 2.24) is 0 Å². The quantitative estimate of drug-likeness (QED) is 0.856. The number of hydrogen-bond donors (Lipinski definition) is 0. The van der Waals surface area contributed by atoms with Crippen molar-refractivity contribution < 1.29 is 14.3 Å². The van der Waals surface area contributed by atoms with Crippen LogP contribution in [0.4, 0.5) is 5.69 Å².